The average molecular weight is 215 g/mol. The van der Waals surface area contributed by atoms with Crippen LogP contribution >= 0.6 is 0 Å². The zero-order valence-electron chi connectivity index (χ0n) is 9.49. The van der Waals surface area contributed by atoms with Crippen LogP contribution in [0.1, 0.15) is 27.7 Å². The van der Waals surface area contributed by atoms with E-state index in [1.165, 1.54) is 0 Å². The standard InChI is InChI=1S/C10H17NO4/c1-6-7(5-14-8(6)12)11-9(13)15-10(2,3)4/h6-7H,5H2,1-4H3,(H,11,13)/t6-,7-/m1/s1. The van der Waals surface area contributed by atoms with Gasteiger partial charge in [-0.3, -0.25) is 4.79 Å². The minimum atomic E-state index is -0.531. The van der Waals surface area contributed by atoms with Gasteiger partial charge >= 0.3 is 12.1 Å². The molecule has 1 amide bonds. The molecular formula is C10H17NO4. The largest absolute Gasteiger partial charge is 0.463 e. The summed E-state index contributed by atoms with van der Waals surface area (Å²) in [5.41, 5.74) is -0.531. The molecule has 2 atom stereocenters. The highest BCUT2D eigenvalue weighted by Crippen LogP contribution is 2.15. The van der Waals surface area contributed by atoms with Gasteiger partial charge in [0.25, 0.3) is 0 Å². The molecule has 15 heavy (non-hydrogen) atoms. The van der Waals surface area contributed by atoms with Gasteiger partial charge in [0.15, 0.2) is 0 Å². The SMILES string of the molecule is C[C@H]1C(=O)OC[C@H]1NC(=O)OC(C)(C)C. The van der Waals surface area contributed by atoms with Crippen molar-refractivity contribution in [3.05, 3.63) is 0 Å². The van der Waals surface area contributed by atoms with Gasteiger partial charge in [0.05, 0.1) is 12.0 Å². The molecule has 0 aromatic carbocycles. The number of ether oxygens (including phenoxy) is 2. The molecule has 1 fully saturated rings. The molecule has 1 rings (SSSR count). The highest BCUT2D eigenvalue weighted by molar-refractivity contribution is 5.77. The Bertz CT molecular complexity index is 269. The van der Waals surface area contributed by atoms with Crippen molar-refractivity contribution in [1.82, 2.24) is 5.32 Å². The number of hydrogen-bond donors (Lipinski definition) is 1. The molecule has 1 saturated heterocycles. The molecule has 86 valence electrons. The van der Waals surface area contributed by atoms with E-state index < -0.39 is 11.7 Å². The lowest BCUT2D eigenvalue weighted by molar-refractivity contribution is -0.140. The van der Waals surface area contributed by atoms with Crippen molar-refractivity contribution in [3.8, 4) is 0 Å². The number of amides is 1. The number of alkyl carbamates (subject to hydrolysis) is 1. The fourth-order valence-corrected chi connectivity index (χ4v) is 1.24. The van der Waals surface area contributed by atoms with E-state index in [1.54, 1.807) is 27.7 Å². The van der Waals surface area contributed by atoms with Crippen LogP contribution in [0.3, 0.4) is 0 Å². The van der Waals surface area contributed by atoms with Crippen molar-refractivity contribution in [2.45, 2.75) is 39.3 Å². The Morgan fingerprint density at radius 1 is 1.53 bits per heavy atom. The van der Waals surface area contributed by atoms with Gasteiger partial charge in [0.1, 0.15) is 12.2 Å². The van der Waals surface area contributed by atoms with Crippen molar-refractivity contribution in [2.75, 3.05) is 6.61 Å². The van der Waals surface area contributed by atoms with Crippen molar-refractivity contribution >= 4 is 12.1 Å². The van der Waals surface area contributed by atoms with E-state index in [0.29, 0.717) is 0 Å². The first kappa shape index (κ1) is 11.8. The number of esters is 1. The summed E-state index contributed by atoms with van der Waals surface area (Å²) in [5, 5.41) is 2.61. The summed E-state index contributed by atoms with van der Waals surface area (Å²) in [6.45, 7) is 7.29. The van der Waals surface area contributed by atoms with Crippen molar-refractivity contribution in [1.29, 1.82) is 0 Å². The van der Waals surface area contributed by atoms with Crippen LogP contribution in [0.4, 0.5) is 4.79 Å². The highest BCUT2D eigenvalue weighted by Gasteiger charge is 2.35. The highest BCUT2D eigenvalue weighted by atomic mass is 16.6. The van der Waals surface area contributed by atoms with Crippen molar-refractivity contribution in [2.24, 2.45) is 5.92 Å². The number of carbonyl (C=O) groups is 2. The molecule has 0 saturated carbocycles. The molecule has 1 aliphatic rings. The van der Waals surface area contributed by atoms with E-state index in [1.807, 2.05) is 0 Å². The summed E-state index contributed by atoms with van der Waals surface area (Å²) in [4.78, 5) is 22.4. The van der Waals surface area contributed by atoms with Crippen LogP contribution in [0, 0.1) is 5.92 Å². The lowest BCUT2D eigenvalue weighted by Crippen LogP contribution is -2.42. The Hall–Kier alpha value is -1.26. The molecule has 1 N–H and O–H groups in total. The molecule has 1 aliphatic heterocycles. The van der Waals surface area contributed by atoms with E-state index >= 15 is 0 Å². The van der Waals surface area contributed by atoms with Gasteiger partial charge < -0.3 is 14.8 Å². The fraction of sp³-hybridized carbons (Fsp3) is 0.800. The van der Waals surface area contributed by atoms with Gasteiger partial charge in [-0.05, 0) is 27.7 Å². The summed E-state index contributed by atoms with van der Waals surface area (Å²) >= 11 is 0. The molecule has 0 radical (unpaired) electrons. The van der Waals surface area contributed by atoms with Crippen molar-refractivity contribution < 1.29 is 19.1 Å². The number of cyclic esters (lactones) is 1. The topological polar surface area (TPSA) is 64.6 Å². The maximum absolute atomic E-state index is 11.4. The fourth-order valence-electron chi connectivity index (χ4n) is 1.24. The molecular weight excluding hydrogens is 198 g/mol. The van der Waals surface area contributed by atoms with Crippen LogP contribution in [0.15, 0.2) is 0 Å². The molecule has 0 aromatic rings. The molecule has 1 heterocycles. The molecule has 0 aliphatic carbocycles. The van der Waals surface area contributed by atoms with Crippen LogP contribution in [0.5, 0.6) is 0 Å². The zero-order chi connectivity index (χ0) is 11.6. The predicted octanol–water partition coefficient (Wildman–Crippen LogP) is 1.07. The lowest BCUT2D eigenvalue weighted by atomic mass is 10.1. The smallest absolute Gasteiger partial charge is 0.408 e. The summed E-state index contributed by atoms with van der Waals surface area (Å²) in [5.74, 6) is -0.589. The summed E-state index contributed by atoms with van der Waals surface area (Å²) in [6.07, 6.45) is -0.516. The Morgan fingerprint density at radius 3 is 2.53 bits per heavy atom. The predicted molar refractivity (Wildman–Crippen MR) is 53.3 cm³/mol. The zero-order valence-corrected chi connectivity index (χ0v) is 9.49. The average Bonchev–Trinajstić information content (AvgIpc) is 2.32. The van der Waals surface area contributed by atoms with Gasteiger partial charge in [-0.25, -0.2) is 4.79 Å². The van der Waals surface area contributed by atoms with E-state index in [-0.39, 0.29) is 24.5 Å². The summed E-state index contributed by atoms with van der Waals surface area (Å²) in [6, 6.07) is -0.285. The van der Waals surface area contributed by atoms with E-state index in [2.05, 4.69) is 5.32 Å². The van der Waals surface area contributed by atoms with Gasteiger partial charge in [0, 0.05) is 0 Å². The first-order chi connectivity index (χ1) is 6.79. The van der Waals surface area contributed by atoms with Crippen LogP contribution in [-0.4, -0.2) is 30.3 Å². The quantitative estimate of drug-likeness (QED) is 0.664. The Labute approximate surface area is 89.1 Å². The van der Waals surface area contributed by atoms with E-state index in [0.717, 1.165) is 0 Å². The number of nitrogens with one attached hydrogen (secondary N) is 1. The second-order valence-corrected chi connectivity index (χ2v) is 4.67. The molecule has 0 unspecified atom stereocenters. The van der Waals surface area contributed by atoms with Gasteiger partial charge in [-0.15, -0.1) is 0 Å². The normalized spacial score (nSPS) is 26.0. The van der Waals surface area contributed by atoms with Gasteiger partial charge in [-0.2, -0.15) is 0 Å². The third kappa shape index (κ3) is 3.42. The summed E-state index contributed by atoms with van der Waals surface area (Å²) < 4.78 is 9.87. The number of hydrogen-bond acceptors (Lipinski definition) is 4. The summed E-state index contributed by atoms with van der Waals surface area (Å²) in [7, 11) is 0. The van der Waals surface area contributed by atoms with Crippen LogP contribution < -0.4 is 5.32 Å². The lowest BCUT2D eigenvalue weighted by Gasteiger charge is -2.21. The molecule has 0 aromatic heterocycles. The van der Waals surface area contributed by atoms with Crippen LogP contribution in [0.25, 0.3) is 0 Å². The Kier molecular flexibility index (Phi) is 3.21. The minimum absolute atomic E-state index is 0.221. The first-order valence-corrected chi connectivity index (χ1v) is 4.96. The van der Waals surface area contributed by atoms with E-state index in [9.17, 15) is 9.59 Å². The maximum atomic E-state index is 11.4. The second-order valence-electron chi connectivity index (χ2n) is 4.67. The van der Waals surface area contributed by atoms with Crippen molar-refractivity contribution in [3.63, 3.8) is 0 Å². The second kappa shape index (κ2) is 4.08. The van der Waals surface area contributed by atoms with E-state index in [4.69, 9.17) is 9.47 Å². The first-order valence-electron chi connectivity index (χ1n) is 4.96. The molecule has 0 spiro atoms. The molecule has 5 nitrogen and oxygen atoms in total. The molecule has 0 bridgehead atoms. The Morgan fingerprint density at radius 2 is 2.13 bits per heavy atom. The third-order valence-corrected chi connectivity index (χ3v) is 2.08. The van der Waals surface area contributed by atoms with Crippen LogP contribution in [-0.2, 0) is 14.3 Å². The Balaban J connectivity index is 2.42. The molecule has 5 heteroatoms. The monoisotopic (exact) mass is 215 g/mol. The van der Waals surface area contributed by atoms with Gasteiger partial charge in [0.2, 0.25) is 0 Å². The maximum Gasteiger partial charge on any atom is 0.408 e. The van der Waals surface area contributed by atoms with Crippen LogP contribution in [0.2, 0.25) is 0 Å². The minimum Gasteiger partial charge on any atom is -0.463 e. The van der Waals surface area contributed by atoms with Gasteiger partial charge in [-0.1, -0.05) is 0 Å². The third-order valence-electron chi connectivity index (χ3n) is 2.08. The number of rotatable bonds is 1. The number of carbonyl (C=O) groups excluding carboxylic acids is 2.